The van der Waals surface area contributed by atoms with Crippen LogP contribution >= 0.6 is 23.2 Å². The molecule has 1 aromatic carbocycles. The van der Waals surface area contributed by atoms with Crippen LogP contribution in [0.4, 0.5) is 4.79 Å². The standard InChI is InChI=1S/C10H7Cl2NO3/c11-6-1-2-7-8(9(6)12)5(4-14)3-13(7)10(15)16/h1-3,14H,4H2,(H,15,16). The summed E-state index contributed by atoms with van der Waals surface area (Å²) in [6.45, 7) is -0.295. The van der Waals surface area contributed by atoms with E-state index in [9.17, 15) is 4.79 Å². The highest BCUT2D eigenvalue weighted by Gasteiger charge is 2.16. The number of fused-ring (bicyclic) bond motifs is 1. The van der Waals surface area contributed by atoms with E-state index < -0.39 is 6.09 Å². The summed E-state index contributed by atoms with van der Waals surface area (Å²) in [5.74, 6) is 0. The number of aliphatic hydroxyl groups is 1. The average Bonchev–Trinajstić information content (AvgIpc) is 2.62. The van der Waals surface area contributed by atoms with E-state index in [0.29, 0.717) is 21.5 Å². The Morgan fingerprint density at radius 3 is 2.62 bits per heavy atom. The van der Waals surface area contributed by atoms with Gasteiger partial charge >= 0.3 is 6.09 Å². The maximum absolute atomic E-state index is 10.9. The Balaban J connectivity index is 2.90. The van der Waals surface area contributed by atoms with Gasteiger partial charge in [0.05, 0.1) is 22.2 Å². The normalized spacial score (nSPS) is 10.9. The SMILES string of the molecule is O=C(O)n1cc(CO)c2c(Cl)c(Cl)ccc21. The number of aromatic nitrogens is 1. The van der Waals surface area contributed by atoms with Crippen LogP contribution in [-0.4, -0.2) is 20.9 Å². The number of rotatable bonds is 1. The molecular formula is C10H7Cl2NO3. The van der Waals surface area contributed by atoms with Crippen molar-refractivity contribution in [2.24, 2.45) is 0 Å². The lowest BCUT2D eigenvalue weighted by Crippen LogP contribution is -2.05. The second-order valence-corrected chi connectivity index (χ2v) is 4.01. The first-order valence-corrected chi connectivity index (χ1v) is 5.14. The van der Waals surface area contributed by atoms with Gasteiger partial charge in [-0.3, -0.25) is 4.57 Å². The van der Waals surface area contributed by atoms with Crippen molar-refractivity contribution in [2.75, 3.05) is 0 Å². The van der Waals surface area contributed by atoms with E-state index in [1.54, 1.807) is 6.07 Å². The average molecular weight is 260 g/mol. The Morgan fingerprint density at radius 1 is 1.38 bits per heavy atom. The third kappa shape index (κ3) is 1.55. The molecular weight excluding hydrogens is 253 g/mol. The lowest BCUT2D eigenvalue weighted by molar-refractivity contribution is 0.197. The molecule has 0 spiro atoms. The van der Waals surface area contributed by atoms with Crippen LogP contribution in [0, 0.1) is 0 Å². The highest BCUT2D eigenvalue weighted by atomic mass is 35.5. The van der Waals surface area contributed by atoms with Gasteiger partial charge < -0.3 is 10.2 Å². The van der Waals surface area contributed by atoms with Gasteiger partial charge in [0.15, 0.2) is 0 Å². The Kier molecular flexibility index (Phi) is 2.80. The molecule has 4 nitrogen and oxygen atoms in total. The fourth-order valence-corrected chi connectivity index (χ4v) is 2.05. The first-order chi connectivity index (χ1) is 7.56. The minimum Gasteiger partial charge on any atom is -0.464 e. The molecule has 0 atom stereocenters. The number of aliphatic hydroxyl groups excluding tert-OH is 1. The first-order valence-electron chi connectivity index (χ1n) is 4.38. The Morgan fingerprint density at radius 2 is 2.06 bits per heavy atom. The molecule has 0 radical (unpaired) electrons. The molecule has 2 rings (SSSR count). The largest absolute Gasteiger partial charge is 0.464 e. The molecule has 1 aromatic heterocycles. The molecule has 0 fully saturated rings. The molecule has 0 aliphatic carbocycles. The van der Waals surface area contributed by atoms with Crippen LogP contribution in [0.2, 0.25) is 10.0 Å². The molecule has 0 unspecified atom stereocenters. The maximum atomic E-state index is 10.9. The van der Waals surface area contributed by atoms with Gasteiger partial charge in [-0.25, -0.2) is 4.79 Å². The van der Waals surface area contributed by atoms with Crippen molar-refractivity contribution >= 4 is 40.2 Å². The molecule has 0 aliphatic rings. The molecule has 16 heavy (non-hydrogen) atoms. The fraction of sp³-hybridized carbons (Fsp3) is 0.100. The molecule has 1 heterocycles. The van der Waals surface area contributed by atoms with Gasteiger partial charge in [0.2, 0.25) is 0 Å². The molecule has 84 valence electrons. The van der Waals surface area contributed by atoms with Crippen LogP contribution in [0.1, 0.15) is 5.56 Å². The molecule has 0 aliphatic heterocycles. The maximum Gasteiger partial charge on any atom is 0.416 e. The van der Waals surface area contributed by atoms with E-state index in [-0.39, 0.29) is 11.6 Å². The van der Waals surface area contributed by atoms with E-state index >= 15 is 0 Å². The Labute approximate surface area is 101 Å². The first kappa shape index (κ1) is 11.3. The van der Waals surface area contributed by atoms with Crippen LogP contribution in [0.3, 0.4) is 0 Å². The summed E-state index contributed by atoms with van der Waals surface area (Å²) in [5, 5.41) is 19.1. The van der Waals surface area contributed by atoms with E-state index in [1.165, 1.54) is 12.3 Å². The van der Waals surface area contributed by atoms with E-state index in [2.05, 4.69) is 0 Å². The summed E-state index contributed by atoms with van der Waals surface area (Å²) < 4.78 is 1.00. The Bertz CT molecular complexity index is 577. The predicted octanol–water partition coefficient (Wildman–Crippen LogP) is 2.97. The van der Waals surface area contributed by atoms with Crippen molar-refractivity contribution in [2.45, 2.75) is 6.61 Å². The summed E-state index contributed by atoms with van der Waals surface area (Å²) in [6.07, 6.45) is 0.193. The van der Waals surface area contributed by atoms with Crippen LogP contribution in [0.15, 0.2) is 18.3 Å². The zero-order chi connectivity index (χ0) is 11.9. The van der Waals surface area contributed by atoms with Crippen molar-refractivity contribution in [1.82, 2.24) is 4.57 Å². The van der Waals surface area contributed by atoms with Crippen LogP contribution in [0.25, 0.3) is 10.9 Å². The number of halogens is 2. The molecule has 0 saturated carbocycles. The number of benzene rings is 1. The van der Waals surface area contributed by atoms with Gasteiger partial charge in [0, 0.05) is 17.1 Å². The summed E-state index contributed by atoms with van der Waals surface area (Å²) in [6, 6.07) is 3.07. The molecule has 2 aromatic rings. The molecule has 6 heteroatoms. The van der Waals surface area contributed by atoms with Crippen LogP contribution in [0.5, 0.6) is 0 Å². The highest BCUT2D eigenvalue weighted by molar-refractivity contribution is 6.45. The van der Waals surface area contributed by atoms with Crippen LogP contribution in [-0.2, 0) is 6.61 Å². The smallest absolute Gasteiger partial charge is 0.416 e. The van der Waals surface area contributed by atoms with Gasteiger partial charge in [0.1, 0.15) is 0 Å². The fourth-order valence-electron chi connectivity index (χ4n) is 1.61. The van der Waals surface area contributed by atoms with E-state index in [1.807, 2.05) is 0 Å². The number of nitrogens with zero attached hydrogens (tertiary/aromatic N) is 1. The van der Waals surface area contributed by atoms with Gasteiger partial charge in [0.25, 0.3) is 0 Å². The number of hydrogen-bond acceptors (Lipinski definition) is 2. The van der Waals surface area contributed by atoms with Crippen molar-refractivity contribution in [3.8, 4) is 0 Å². The second kappa shape index (κ2) is 3.97. The Hall–Kier alpha value is -1.23. The van der Waals surface area contributed by atoms with Gasteiger partial charge in [-0.1, -0.05) is 23.2 Å². The van der Waals surface area contributed by atoms with E-state index in [4.69, 9.17) is 33.4 Å². The van der Waals surface area contributed by atoms with Gasteiger partial charge in [-0.2, -0.15) is 0 Å². The zero-order valence-electron chi connectivity index (χ0n) is 7.94. The number of carbonyl (C=O) groups is 1. The summed E-state index contributed by atoms with van der Waals surface area (Å²) in [5.41, 5.74) is 0.843. The highest BCUT2D eigenvalue weighted by Crippen LogP contribution is 2.34. The lowest BCUT2D eigenvalue weighted by Gasteiger charge is -2.01. The van der Waals surface area contributed by atoms with E-state index in [0.717, 1.165) is 4.57 Å². The molecule has 0 amide bonds. The molecule has 0 bridgehead atoms. The minimum atomic E-state index is -1.14. The van der Waals surface area contributed by atoms with Crippen LogP contribution < -0.4 is 0 Å². The van der Waals surface area contributed by atoms with Gasteiger partial charge in [-0.05, 0) is 12.1 Å². The summed E-state index contributed by atoms with van der Waals surface area (Å²) >= 11 is 11.8. The minimum absolute atomic E-state index is 0.253. The monoisotopic (exact) mass is 259 g/mol. The molecule has 2 N–H and O–H groups in total. The van der Waals surface area contributed by atoms with Crippen molar-refractivity contribution < 1.29 is 15.0 Å². The predicted molar refractivity (Wildman–Crippen MR) is 61.3 cm³/mol. The van der Waals surface area contributed by atoms with Gasteiger partial charge in [-0.15, -0.1) is 0 Å². The lowest BCUT2D eigenvalue weighted by atomic mass is 10.2. The zero-order valence-corrected chi connectivity index (χ0v) is 9.46. The summed E-state index contributed by atoms with van der Waals surface area (Å²) in [7, 11) is 0. The van der Waals surface area contributed by atoms with Crippen molar-refractivity contribution in [3.63, 3.8) is 0 Å². The third-order valence-corrected chi connectivity index (χ3v) is 3.12. The number of hydrogen-bond donors (Lipinski definition) is 2. The topological polar surface area (TPSA) is 62.5 Å². The molecule has 0 saturated heterocycles. The number of carboxylic acid groups (broad SMARTS) is 1. The quantitative estimate of drug-likeness (QED) is 0.828. The third-order valence-electron chi connectivity index (χ3n) is 2.31. The summed E-state index contributed by atoms with van der Waals surface area (Å²) in [4.78, 5) is 10.9. The second-order valence-electron chi connectivity index (χ2n) is 3.22. The van der Waals surface area contributed by atoms with Crippen molar-refractivity contribution in [1.29, 1.82) is 0 Å². The van der Waals surface area contributed by atoms with Crippen molar-refractivity contribution in [3.05, 3.63) is 33.9 Å².